The molecule has 0 saturated carbocycles. The Kier molecular flexibility index (Phi) is 4.39. The molecule has 134 valence electrons. The molecule has 2 heterocycles. The van der Waals surface area contributed by atoms with Crippen molar-refractivity contribution < 1.29 is 14.3 Å². The number of fused-ring (bicyclic) bond motifs is 1. The molecule has 4 aromatic rings. The van der Waals surface area contributed by atoms with Crippen molar-refractivity contribution in [2.24, 2.45) is 0 Å². The molecule has 4 rings (SSSR count). The monoisotopic (exact) mass is 398 g/mol. The van der Waals surface area contributed by atoms with Gasteiger partial charge in [-0.2, -0.15) is 0 Å². The van der Waals surface area contributed by atoms with Gasteiger partial charge in [0.25, 0.3) is 5.91 Å². The van der Waals surface area contributed by atoms with Crippen molar-refractivity contribution in [2.75, 3.05) is 5.32 Å². The lowest BCUT2D eigenvalue weighted by Gasteiger charge is -2.03. The number of amides is 1. The molecule has 27 heavy (non-hydrogen) atoms. The molecule has 0 bridgehead atoms. The maximum Gasteiger partial charge on any atom is 0.349 e. The molecule has 0 atom stereocenters. The topological polar surface area (TPSA) is 92.4 Å². The third-order valence-electron chi connectivity index (χ3n) is 3.83. The first-order valence-corrected chi connectivity index (χ1v) is 9.05. The Balaban J connectivity index is 1.60. The van der Waals surface area contributed by atoms with Crippen molar-refractivity contribution in [3.05, 3.63) is 74.9 Å². The fourth-order valence-corrected chi connectivity index (χ4v) is 3.35. The van der Waals surface area contributed by atoms with Gasteiger partial charge in [0.2, 0.25) is 0 Å². The first-order valence-electron chi connectivity index (χ1n) is 7.79. The zero-order chi connectivity index (χ0) is 19.0. The highest BCUT2D eigenvalue weighted by molar-refractivity contribution is 7.14. The SMILES string of the molecule is O=C(Nc1nc(-c2ccc(Cl)cc2)cs1)c1cc2ccc(O)cc2oc1=O. The standard InChI is InChI=1S/C19H11ClN2O4S/c20-12-4-1-10(2-5-12)15-9-27-19(21-15)22-17(24)14-7-11-3-6-13(23)8-16(11)26-18(14)25/h1-9,23H,(H,21,22,24). The van der Waals surface area contributed by atoms with Crippen LogP contribution in [0.3, 0.4) is 0 Å². The van der Waals surface area contributed by atoms with Gasteiger partial charge in [-0.1, -0.05) is 23.7 Å². The van der Waals surface area contributed by atoms with Crippen molar-refractivity contribution in [2.45, 2.75) is 0 Å². The Bertz CT molecular complexity index is 1210. The van der Waals surface area contributed by atoms with Crippen LogP contribution in [0.2, 0.25) is 5.02 Å². The van der Waals surface area contributed by atoms with Crippen molar-refractivity contribution in [1.29, 1.82) is 0 Å². The lowest BCUT2D eigenvalue weighted by molar-refractivity contribution is 0.102. The molecule has 0 aliphatic heterocycles. The van der Waals surface area contributed by atoms with Crippen LogP contribution in [0.25, 0.3) is 22.2 Å². The Morgan fingerprint density at radius 1 is 1.15 bits per heavy atom. The highest BCUT2D eigenvalue weighted by atomic mass is 35.5. The van der Waals surface area contributed by atoms with Crippen molar-refractivity contribution >= 4 is 44.9 Å². The normalized spacial score (nSPS) is 10.9. The van der Waals surface area contributed by atoms with Gasteiger partial charge in [-0.3, -0.25) is 10.1 Å². The summed E-state index contributed by atoms with van der Waals surface area (Å²) in [7, 11) is 0. The number of aromatic hydroxyl groups is 1. The van der Waals surface area contributed by atoms with Gasteiger partial charge in [0.15, 0.2) is 5.13 Å². The molecular formula is C19H11ClN2O4S. The molecule has 0 unspecified atom stereocenters. The lowest BCUT2D eigenvalue weighted by atomic mass is 10.1. The minimum Gasteiger partial charge on any atom is -0.508 e. The molecule has 0 radical (unpaired) electrons. The highest BCUT2D eigenvalue weighted by Gasteiger charge is 2.16. The zero-order valence-electron chi connectivity index (χ0n) is 13.6. The van der Waals surface area contributed by atoms with Crippen LogP contribution in [0.15, 0.2) is 63.1 Å². The van der Waals surface area contributed by atoms with E-state index in [1.54, 1.807) is 23.6 Å². The van der Waals surface area contributed by atoms with E-state index in [4.69, 9.17) is 16.0 Å². The molecule has 0 aliphatic carbocycles. The van der Waals surface area contributed by atoms with Gasteiger partial charge in [-0.05, 0) is 30.3 Å². The molecular weight excluding hydrogens is 388 g/mol. The number of benzene rings is 2. The first kappa shape index (κ1) is 17.3. The van der Waals surface area contributed by atoms with Gasteiger partial charge in [0.05, 0.1) is 5.69 Å². The van der Waals surface area contributed by atoms with Gasteiger partial charge in [-0.15, -0.1) is 11.3 Å². The highest BCUT2D eigenvalue weighted by Crippen LogP contribution is 2.26. The minimum absolute atomic E-state index is 0.0274. The van der Waals surface area contributed by atoms with Gasteiger partial charge in [0, 0.05) is 27.4 Å². The van der Waals surface area contributed by atoms with E-state index in [-0.39, 0.29) is 16.9 Å². The van der Waals surface area contributed by atoms with Gasteiger partial charge in [-0.25, -0.2) is 9.78 Å². The number of hydrogen-bond acceptors (Lipinski definition) is 6. The maximum atomic E-state index is 12.5. The van der Waals surface area contributed by atoms with E-state index in [2.05, 4.69) is 10.3 Å². The zero-order valence-corrected chi connectivity index (χ0v) is 15.2. The second kappa shape index (κ2) is 6.86. The van der Waals surface area contributed by atoms with Crippen LogP contribution < -0.4 is 10.9 Å². The van der Waals surface area contributed by atoms with Gasteiger partial charge in [0.1, 0.15) is 16.9 Å². The third-order valence-corrected chi connectivity index (χ3v) is 4.84. The Labute approximate surface area is 161 Å². The van der Waals surface area contributed by atoms with Crippen LogP contribution in [0.1, 0.15) is 10.4 Å². The Morgan fingerprint density at radius 2 is 1.93 bits per heavy atom. The second-order valence-electron chi connectivity index (χ2n) is 5.67. The van der Waals surface area contributed by atoms with Crippen LogP contribution >= 0.6 is 22.9 Å². The predicted octanol–water partition coefficient (Wildman–Crippen LogP) is 4.53. The largest absolute Gasteiger partial charge is 0.508 e. The van der Waals surface area contributed by atoms with Crippen LogP contribution in [-0.2, 0) is 0 Å². The fraction of sp³-hybridized carbons (Fsp3) is 0. The summed E-state index contributed by atoms with van der Waals surface area (Å²) in [5, 5.41) is 15.4. The first-order chi connectivity index (χ1) is 13.0. The van der Waals surface area contributed by atoms with E-state index >= 15 is 0 Å². The average molecular weight is 399 g/mol. The molecule has 2 aromatic heterocycles. The summed E-state index contributed by atoms with van der Waals surface area (Å²) in [5.41, 5.74) is 0.821. The molecule has 0 aliphatic rings. The predicted molar refractivity (Wildman–Crippen MR) is 105 cm³/mol. The van der Waals surface area contributed by atoms with E-state index in [9.17, 15) is 14.7 Å². The van der Waals surface area contributed by atoms with E-state index < -0.39 is 11.5 Å². The van der Waals surface area contributed by atoms with Crippen molar-refractivity contribution in [3.63, 3.8) is 0 Å². The molecule has 6 nitrogen and oxygen atoms in total. The average Bonchev–Trinajstić information content (AvgIpc) is 3.10. The molecule has 1 amide bonds. The van der Waals surface area contributed by atoms with Crippen LogP contribution in [0, 0.1) is 0 Å². The maximum absolute atomic E-state index is 12.5. The van der Waals surface area contributed by atoms with E-state index in [1.165, 1.54) is 29.5 Å². The van der Waals surface area contributed by atoms with E-state index in [0.29, 0.717) is 21.2 Å². The molecule has 2 N–H and O–H groups in total. The summed E-state index contributed by atoms with van der Waals surface area (Å²) in [5.74, 6) is -0.643. The van der Waals surface area contributed by atoms with E-state index in [0.717, 1.165) is 5.56 Å². The van der Waals surface area contributed by atoms with Crippen LogP contribution in [-0.4, -0.2) is 16.0 Å². The van der Waals surface area contributed by atoms with Crippen molar-refractivity contribution in [3.8, 4) is 17.0 Å². The summed E-state index contributed by atoms with van der Waals surface area (Å²) < 4.78 is 5.11. The minimum atomic E-state index is -0.792. The smallest absolute Gasteiger partial charge is 0.349 e. The van der Waals surface area contributed by atoms with E-state index in [1.807, 2.05) is 12.1 Å². The Morgan fingerprint density at radius 3 is 2.70 bits per heavy atom. The van der Waals surface area contributed by atoms with Crippen LogP contribution in [0.4, 0.5) is 5.13 Å². The summed E-state index contributed by atoms with van der Waals surface area (Å²) in [4.78, 5) is 28.9. The second-order valence-corrected chi connectivity index (χ2v) is 6.96. The fourth-order valence-electron chi connectivity index (χ4n) is 2.51. The molecule has 0 saturated heterocycles. The number of halogens is 1. The number of thiazole rings is 1. The lowest BCUT2D eigenvalue weighted by Crippen LogP contribution is -2.20. The molecule has 0 fully saturated rings. The summed E-state index contributed by atoms with van der Waals surface area (Å²) in [6.45, 7) is 0. The molecule has 0 spiro atoms. The number of aromatic nitrogens is 1. The Hall–Kier alpha value is -3.16. The summed E-state index contributed by atoms with van der Waals surface area (Å²) in [6.07, 6.45) is 0. The van der Waals surface area contributed by atoms with Gasteiger partial charge < -0.3 is 9.52 Å². The third kappa shape index (κ3) is 3.55. The molecule has 8 heteroatoms. The number of carbonyl (C=O) groups excluding carboxylic acids is 1. The number of nitrogens with zero attached hydrogens (tertiary/aromatic N) is 1. The van der Waals surface area contributed by atoms with Gasteiger partial charge >= 0.3 is 5.63 Å². The summed E-state index contributed by atoms with van der Waals surface area (Å²) >= 11 is 7.12. The summed E-state index contributed by atoms with van der Waals surface area (Å²) in [6, 6.07) is 12.9. The number of anilines is 1. The molecule has 2 aromatic carbocycles. The number of phenols is 1. The van der Waals surface area contributed by atoms with Crippen LogP contribution in [0.5, 0.6) is 5.75 Å². The van der Waals surface area contributed by atoms with Crippen molar-refractivity contribution in [1.82, 2.24) is 4.98 Å². The number of hydrogen-bond donors (Lipinski definition) is 2. The number of rotatable bonds is 3. The number of carbonyl (C=O) groups is 1. The quantitative estimate of drug-likeness (QED) is 0.495. The number of nitrogens with one attached hydrogen (secondary N) is 1. The number of phenolic OH excluding ortho intramolecular Hbond substituents is 1.